The number of benzene rings is 1. The first-order valence-corrected chi connectivity index (χ1v) is 7.04. The summed E-state index contributed by atoms with van der Waals surface area (Å²) < 4.78 is 7.55. The predicted octanol–water partition coefficient (Wildman–Crippen LogP) is 2.74. The third-order valence-electron chi connectivity index (χ3n) is 2.94. The summed E-state index contributed by atoms with van der Waals surface area (Å²) in [6.07, 6.45) is 1.92. The lowest BCUT2D eigenvalue weighted by molar-refractivity contribution is 0.299. The lowest BCUT2D eigenvalue weighted by Gasteiger charge is -2.09. The van der Waals surface area contributed by atoms with Crippen LogP contribution < -0.4 is 10.1 Å². The molecule has 20 heavy (non-hydrogen) atoms. The quantitative estimate of drug-likeness (QED) is 0.843. The van der Waals surface area contributed by atoms with Crippen LogP contribution in [0.25, 0.3) is 0 Å². The molecule has 0 aliphatic rings. The Kier molecular flexibility index (Phi) is 5.18. The van der Waals surface area contributed by atoms with Gasteiger partial charge in [0.25, 0.3) is 0 Å². The largest absolute Gasteiger partial charge is 0.487 e. The van der Waals surface area contributed by atoms with Crippen LogP contribution in [-0.4, -0.2) is 16.3 Å². The second-order valence-corrected chi connectivity index (χ2v) is 5.44. The van der Waals surface area contributed by atoms with Crippen molar-refractivity contribution in [3.05, 3.63) is 47.8 Å². The Morgan fingerprint density at radius 1 is 1.30 bits per heavy atom. The summed E-state index contributed by atoms with van der Waals surface area (Å²) in [6.45, 7) is 6.82. The van der Waals surface area contributed by atoms with Crippen LogP contribution >= 0.6 is 0 Å². The van der Waals surface area contributed by atoms with Crippen LogP contribution in [0.1, 0.15) is 25.1 Å². The highest BCUT2D eigenvalue weighted by atomic mass is 16.5. The Morgan fingerprint density at radius 3 is 2.85 bits per heavy atom. The number of nitrogens with one attached hydrogen (secondary N) is 1. The van der Waals surface area contributed by atoms with Gasteiger partial charge in [0, 0.05) is 19.8 Å². The molecule has 0 unspecified atom stereocenters. The Bertz CT molecular complexity index is 534. The number of hydrogen-bond donors (Lipinski definition) is 1. The second-order valence-electron chi connectivity index (χ2n) is 5.44. The number of nitrogens with zero attached hydrogens (tertiary/aromatic N) is 2. The summed E-state index contributed by atoms with van der Waals surface area (Å²) in [5, 5.41) is 7.73. The van der Waals surface area contributed by atoms with E-state index in [0.717, 1.165) is 24.5 Å². The number of hydrogen-bond acceptors (Lipinski definition) is 3. The summed E-state index contributed by atoms with van der Waals surface area (Å²) in [5.74, 6) is 1.55. The third kappa shape index (κ3) is 4.70. The van der Waals surface area contributed by atoms with Gasteiger partial charge in [-0.05, 0) is 36.2 Å². The average molecular weight is 273 g/mol. The van der Waals surface area contributed by atoms with Crippen molar-refractivity contribution >= 4 is 0 Å². The SMILES string of the molecule is CC(C)CNCc1cccc(OCc2ccn(C)n2)c1. The highest BCUT2D eigenvalue weighted by Gasteiger charge is 2.01. The topological polar surface area (TPSA) is 39.1 Å². The molecule has 0 saturated heterocycles. The van der Waals surface area contributed by atoms with Crippen LogP contribution in [0.3, 0.4) is 0 Å². The molecule has 0 aliphatic carbocycles. The van der Waals surface area contributed by atoms with E-state index in [4.69, 9.17) is 4.74 Å². The third-order valence-corrected chi connectivity index (χ3v) is 2.94. The average Bonchev–Trinajstić information content (AvgIpc) is 2.82. The summed E-state index contributed by atoms with van der Waals surface area (Å²) in [4.78, 5) is 0. The molecule has 1 aromatic carbocycles. The molecule has 108 valence electrons. The molecule has 0 spiro atoms. The first-order chi connectivity index (χ1) is 9.63. The molecule has 4 nitrogen and oxygen atoms in total. The van der Waals surface area contributed by atoms with Crippen LogP contribution in [0, 0.1) is 5.92 Å². The zero-order valence-corrected chi connectivity index (χ0v) is 12.5. The van der Waals surface area contributed by atoms with Gasteiger partial charge >= 0.3 is 0 Å². The van der Waals surface area contributed by atoms with Crippen LogP contribution in [0.15, 0.2) is 36.5 Å². The number of aromatic nitrogens is 2. The summed E-state index contributed by atoms with van der Waals surface area (Å²) in [5.41, 5.74) is 2.18. The molecule has 2 aromatic rings. The van der Waals surface area contributed by atoms with Crippen LogP contribution in [0.2, 0.25) is 0 Å². The number of ether oxygens (including phenoxy) is 1. The minimum Gasteiger partial charge on any atom is -0.487 e. The van der Waals surface area contributed by atoms with E-state index in [0.29, 0.717) is 12.5 Å². The lowest BCUT2D eigenvalue weighted by atomic mass is 10.2. The Hall–Kier alpha value is -1.81. The molecule has 4 heteroatoms. The van der Waals surface area contributed by atoms with Gasteiger partial charge in [0.05, 0.1) is 5.69 Å². The van der Waals surface area contributed by atoms with E-state index in [1.165, 1.54) is 5.56 Å². The molecule has 0 atom stereocenters. The zero-order chi connectivity index (χ0) is 14.4. The van der Waals surface area contributed by atoms with Gasteiger partial charge in [-0.2, -0.15) is 5.10 Å². The molecule has 0 radical (unpaired) electrons. The fourth-order valence-corrected chi connectivity index (χ4v) is 1.95. The van der Waals surface area contributed by atoms with E-state index in [1.54, 1.807) is 4.68 Å². The molecule has 2 rings (SSSR count). The van der Waals surface area contributed by atoms with Crippen molar-refractivity contribution in [1.82, 2.24) is 15.1 Å². The van der Waals surface area contributed by atoms with Gasteiger partial charge in [0.15, 0.2) is 0 Å². The smallest absolute Gasteiger partial charge is 0.132 e. The molecule has 1 N–H and O–H groups in total. The zero-order valence-electron chi connectivity index (χ0n) is 12.5. The van der Waals surface area contributed by atoms with E-state index >= 15 is 0 Å². The standard InChI is InChI=1S/C16H23N3O/c1-13(2)10-17-11-14-5-4-6-16(9-14)20-12-15-7-8-19(3)18-15/h4-9,13,17H,10-12H2,1-3H3. The van der Waals surface area contributed by atoms with Gasteiger partial charge < -0.3 is 10.1 Å². The highest BCUT2D eigenvalue weighted by molar-refractivity contribution is 5.28. The Balaban J connectivity index is 1.85. The Labute approximate surface area is 120 Å². The maximum absolute atomic E-state index is 5.77. The fourth-order valence-electron chi connectivity index (χ4n) is 1.95. The molecule has 0 fully saturated rings. The van der Waals surface area contributed by atoms with Gasteiger partial charge in [-0.1, -0.05) is 26.0 Å². The lowest BCUT2D eigenvalue weighted by Crippen LogP contribution is -2.18. The molecule has 1 aromatic heterocycles. The van der Waals surface area contributed by atoms with E-state index in [2.05, 4.69) is 36.4 Å². The summed E-state index contributed by atoms with van der Waals surface area (Å²) in [7, 11) is 1.91. The van der Waals surface area contributed by atoms with Gasteiger partial charge in [-0.3, -0.25) is 4.68 Å². The highest BCUT2D eigenvalue weighted by Crippen LogP contribution is 2.14. The molecular formula is C16H23N3O. The molecule has 0 bridgehead atoms. The fraction of sp³-hybridized carbons (Fsp3) is 0.438. The van der Waals surface area contributed by atoms with Crippen LogP contribution in [0.4, 0.5) is 0 Å². The van der Waals surface area contributed by atoms with Gasteiger partial charge in [0.2, 0.25) is 0 Å². The van der Waals surface area contributed by atoms with Crippen LogP contribution in [0.5, 0.6) is 5.75 Å². The van der Waals surface area contributed by atoms with Crippen molar-refractivity contribution in [2.45, 2.75) is 27.0 Å². The van der Waals surface area contributed by atoms with Gasteiger partial charge in [-0.25, -0.2) is 0 Å². The molecule has 1 heterocycles. The van der Waals surface area contributed by atoms with Crippen molar-refractivity contribution in [2.75, 3.05) is 6.54 Å². The monoisotopic (exact) mass is 273 g/mol. The number of rotatable bonds is 7. The van der Waals surface area contributed by atoms with E-state index in [-0.39, 0.29) is 0 Å². The van der Waals surface area contributed by atoms with E-state index < -0.39 is 0 Å². The van der Waals surface area contributed by atoms with Crippen molar-refractivity contribution in [3.8, 4) is 5.75 Å². The maximum Gasteiger partial charge on any atom is 0.132 e. The predicted molar refractivity (Wildman–Crippen MR) is 80.5 cm³/mol. The molecular weight excluding hydrogens is 250 g/mol. The Morgan fingerprint density at radius 2 is 2.15 bits per heavy atom. The van der Waals surface area contributed by atoms with Crippen molar-refractivity contribution in [1.29, 1.82) is 0 Å². The molecule has 0 saturated carbocycles. The van der Waals surface area contributed by atoms with Gasteiger partial charge in [0.1, 0.15) is 12.4 Å². The van der Waals surface area contributed by atoms with Crippen molar-refractivity contribution in [2.24, 2.45) is 13.0 Å². The van der Waals surface area contributed by atoms with Crippen LogP contribution in [-0.2, 0) is 20.2 Å². The normalized spacial score (nSPS) is 11.0. The minimum atomic E-state index is 0.504. The summed E-state index contributed by atoms with van der Waals surface area (Å²) >= 11 is 0. The number of aryl methyl sites for hydroxylation is 1. The maximum atomic E-state index is 5.77. The molecule has 0 aliphatic heterocycles. The first kappa shape index (κ1) is 14.6. The van der Waals surface area contributed by atoms with Gasteiger partial charge in [-0.15, -0.1) is 0 Å². The van der Waals surface area contributed by atoms with E-state index in [9.17, 15) is 0 Å². The van der Waals surface area contributed by atoms with Crippen molar-refractivity contribution < 1.29 is 4.74 Å². The van der Waals surface area contributed by atoms with Crippen molar-refractivity contribution in [3.63, 3.8) is 0 Å². The van der Waals surface area contributed by atoms with E-state index in [1.807, 2.05) is 31.4 Å². The summed E-state index contributed by atoms with van der Waals surface area (Å²) in [6, 6.07) is 10.2. The minimum absolute atomic E-state index is 0.504. The second kappa shape index (κ2) is 7.10. The first-order valence-electron chi connectivity index (χ1n) is 7.04. The molecule has 0 amide bonds.